The van der Waals surface area contributed by atoms with E-state index in [9.17, 15) is 23.6 Å². The summed E-state index contributed by atoms with van der Waals surface area (Å²) in [5, 5.41) is 0. The number of benzene rings is 2. The van der Waals surface area contributed by atoms with Gasteiger partial charge in [0.2, 0.25) is 17.7 Å². The molecule has 2 aromatic carbocycles. The highest BCUT2D eigenvalue weighted by Crippen LogP contribution is 2.38. The molecule has 33 heavy (non-hydrogen) atoms. The van der Waals surface area contributed by atoms with Gasteiger partial charge in [-0.15, -0.1) is 0 Å². The van der Waals surface area contributed by atoms with Gasteiger partial charge in [-0.2, -0.15) is 0 Å². The monoisotopic (exact) mass is 448 g/mol. The van der Waals surface area contributed by atoms with Crippen molar-refractivity contribution < 1.29 is 28.3 Å². The van der Waals surface area contributed by atoms with Crippen molar-refractivity contribution >= 4 is 35.1 Å². The van der Waals surface area contributed by atoms with Gasteiger partial charge >= 0.3 is 5.97 Å². The maximum atomic E-state index is 13.1. The molecule has 3 atom stereocenters. The Labute approximate surface area is 189 Å². The van der Waals surface area contributed by atoms with Crippen molar-refractivity contribution in [1.29, 1.82) is 0 Å². The molecule has 2 aliphatic heterocycles. The number of allylic oxidation sites excluding steroid dienone is 2. The molecule has 1 aliphatic carbocycles. The fourth-order valence-electron chi connectivity index (χ4n) is 4.65. The number of esters is 1. The van der Waals surface area contributed by atoms with E-state index in [-0.39, 0.29) is 48.3 Å². The largest absolute Gasteiger partial charge is 0.426 e. The lowest BCUT2D eigenvalue weighted by atomic mass is 9.85. The van der Waals surface area contributed by atoms with E-state index in [0.717, 1.165) is 0 Å². The standard InChI is InChI=1S/C25H21FN2O5/c26-16-5-7-17(8-6-16)27-14-15(13-22(27)29)25(32)33-19-11-9-18(10-12-19)28-23(30)20-3-1-2-4-21(20)24(28)31/h1-2,5-12,15,20-21H,3-4,13-14H2/t15-,20-,21+/m1/s1. The highest BCUT2D eigenvalue weighted by atomic mass is 19.1. The van der Waals surface area contributed by atoms with Crippen molar-refractivity contribution in [2.75, 3.05) is 16.3 Å². The molecule has 3 aliphatic rings. The van der Waals surface area contributed by atoms with Crippen molar-refractivity contribution in [3.63, 3.8) is 0 Å². The van der Waals surface area contributed by atoms with Crippen LogP contribution in [-0.2, 0) is 19.2 Å². The Hall–Kier alpha value is -3.81. The molecule has 2 aromatic rings. The van der Waals surface area contributed by atoms with E-state index >= 15 is 0 Å². The first kappa shape index (κ1) is 21.1. The van der Waals surface area contributed by atoms with Crippen LogP contribution >= 0.6 is 0 Å². The Balaban J connectivity index is 1.24. The summed E-state index contributed by atoms with van der Waals surface area (Å²) in [5.41, 5.74) is 0.967. The molecule has 0 spiro atoms. The average Bonchev–Trinajstić information content (AvgIpc) is 3.33. The van der Waals surface area contributed by atoms with Crippen LogP contribution in [-0.4, -0.2) is 30.2 Å². The number of ether oxygens (including phenoxy) is 1. The molecule has 2 heterocycles. The van der Waals surface area contributed by atoms with E-state index in [1.54, 1.807) is 12.1 Å². The van der Waals surface area contributed by atoms with E-state index in [1.807, 2.05) is 12.2 Å². The predicted octanol–water partition coefficient (Wildman–Crippen LogP) is 3.24. The van der Waals surface area contributed by atoms with E-state index in [0.29, 0.717) is 24.2 Å². The molecule has 0 unspecified atom stereocenters. The Morgan fingerprint density at radius 3 is 2.03 bits per heavy atom. The minimum atomic E-state index is -0.653. The number of carbonyl (C=O) groups is 4. The summed E-state index contributed by atoms with van der Waals surface area (Å²) in [6.07, 6.45) is 5.00. The number of hydrogen-bond acceptors (Lipinski definition) is 5. The summed E-state index contributed by atoms with van der Waals surface area (Å²) in [7, 11) is 0. The lowest BCUT2D eigenvalue weighted by Gasteiger charge is -2.17. The van der Waals surface area contributed by atoms with Gasteiger partial charge in [0, 0.05) is 18.7 Å². The maximum Gasteiger partial charge on any atom is 0.316 e. The minimum Gasteiger partial charge on any atom is -0.426 e. The summed E-state index contributed by atoms with van der Waals surface area (Å²) < 4.78 is 18.6. The highest BCUT2D eigenvalue weighted by Gasteiger charge is 2.47. The van der Waals surface area contributed by atoms with Crippen LogP contribution in [0.1, 0.15) is 19.3 Å². The molecule has 0 saturated carbocycles. The van der Waals surface area contributed by atoms with Gasteiger partial charge < -0.3 is 9.64 Å². The molecular formula is C25H21FN2O5. The molecule has 2 saturated heterocycles. The average molecular weight is 448 g/mol. The quantitative estimate of drug-likeness (QED) is 0.310. The third-order valence-corrected chi connectivity index (χ3v) is 6.42. The molecule has 3 amide bonds. The second kappa shape index (κ2) is 8.27. The summed E-state index contributed by atoms with van der Waals surface area (Å²) in [4.78, 5) is 53.0. The van der Waals surface area contributed by atoms with Crippen LogP contribution < -0.4 is 14.5 Å². The molecule has 168 valence electrons. The summed E-state index contributed by atoms with van der Waals surface area (Å²) in [5.74, 6) is -2.62. The van der Waals surface area contributed by atoms with Crippen LogP contribution in [0, 0.1) is 23.6 Å². The second-order valence-electron chi connectivity index (χ2n) is 8.46. The lowest BCUT2D eigenvalue weighted by molar-refractivity contribution is -0.139. The minimum absolute atomic E-state index is 0.00187. The first-order valence-electron chi connectivity index (χ1n) is 10.8. The molecule has 2 fully saturated rings. The predicted molar refractivity (Wildman–Crippen MR) is 117 cm³/mol. The molecular weight excluding hydrogens is 427 g/mol. The zero-order chi connectivity index (χ0) is 23.1. The zero-order valence-electron chi connectivity index (χ0n) is 17.6. The first-order chi connectivity index (χ1) is 15.9. The number of imide groups is 1. The first-order valence-corrected chi connectivity index (χ1v) is 10.8. The SMILES string of the molecule is O=C(Oc1ccc(N2C(=O)[C@H]3CC=CC[C@H]3C2=O)cc1)[C@@H]1CC(=O)N(c2ccc(F)cc2)C1. The number of rotatable bonds is 4. The highest BCUT2D eigenvalue weighted by molar-refractivity contribution is 6.22. The molecule has 8 heteroatoms. The second-order valence-corrected chi connectivity index (χ2v) is 8.46. The Morgan fingerprint density at radius 1 is 0.848 bits per heavy atom. The molecule has 0 aromatic heterocycles. The summed E-state index contributed by atoms with van der Waals surface area (Å²) in [6, 6.07) is 11.7. The molecule has 0 bridgehead atoms. The Morgan fingerprint density at radius 2 is 1.42 bits per heavy atom. The molecule has 7 nitrogen and oxygen atoms in total. The van der Waals surface area contributed by atoms with Crippen LogP contribution in [0.15, 0.2) is 60.7 Å². The van der Waals surface area contributed by atoms with Crippen LogP contribution in [0.5, 0.6) is 5.75 Å². The van der Waals surface area contributed by atoms with Gasteiger partial charge in [0.15, 0.2) is 0 Å². The zero-order valence-corrected chi connectivity index (χ0v) is 17.6. The van der Waals surface area contributed by atoms with Crippen molar-refractivity contribution in [3.8, 4) is 5.75 Å². The van der Waals surface area contributed by atoms with Gasteiger partial charge in [-0.05, 0) is 61.4 Å². The topological polar surface area (TPSA) is 84.0 Å². The fraction of sp³-hybridized carbons (Fsp3) is 0.280. The van der Waals surface area contributed by atoms with Crippen molar-refractivity contribution in [1.82, 2.24) is 0 Å². The lowest BCUT2D eigenvalue weighted by Crippen LogP contribution is -2.30. The number of fused-ring (bicyclic) bond motifs is 1. The smallest absolute Gasteiger partial charge is 0.316 e. The van der Waals surface area contributed by atoms with Crippen molar-refractivity contribution in [2.24, 2.45) is 17.8 Å². The third-order valence-electron chi connectivity index (χ3n) is 6.42. The number of amides is 3. The molecule has 0 radical (unpaired) electrons. The van der Waals surface area contributed by atoms with Crippen molar-refractivity contribution in [3.05, 3.63) is 66.5 Å². The number of nitrogens with zero attached hydrogens (tertiary/aromatic N) is 2. The van der Waals surface area contributed by atoms with E-state index in [4.69, 9.17) is 4.74 Å². The molecule has 5 rings (SSSR count). The summed E-state index contributed by atoms with van der Waals surface area (Å²) in [6.45, 7) is 0.148. The normalized spacial score (nSPS) is 24.4. The maximum absolute atomic E-state index is 13.1. The van der Waals surface area contributed by atoms with E-state index in [2.05, 4.69) is 0 Å². The van der Waals surface area contributed by atoms with Gasteiger partial charge in [0.25, 0.3) is 0 Å². The Bertz CT molecular complexity index is 1130. The van der Waals surface area contributed by atoms with E-state index in [1.165, 1.54) is 46.2 Å². The van der Waals surface area contributed by atoms with Crippen LogP contribution in [0.25, 0.3) is 0 Å². The number of carbonyl (C=O) groups excluding carboxylic acids is 4. The van der Waals surface area contributed by atoms with Gasteiger partial charge in [-0.1, -0.05) is 12.2 Å². The van der Waals surface area contributed by atoms with Crippen molar-refractivity contribution in [2.45, 2.75) is 19.3 Å². The van der Waals surface area contributed by atoms with Gasteiger partial charge in [0.05, 0.1) is 23.4 Å². The van der Waals surface area contributed by atoms with Crippen LogP contribution in [0.2, 0.25) is 0 Å². The van der Waals surface area contributed by atoms with Gasteiger partial charge in [-0.3, -0.25) is 24.1 Å². The van der Waals surface area contributed by atoms with E-state index < -0.39 is 17.7 Å². The van der Waals surface area contributed by atoms with Gasteiger partial charge in [-0.25, -0.2) is 4.39 Å². The summed E-state index contributed by atoms with van der Waals surface area (Å²) >= 11 is 0. The number of hydrogen-bond donors (Lipinski definition) is 0. The number of halogens is 1. The Kier molecular flexibility index (Phi) is 5.28. The van der Waals surface area contributed by atoms with Gasteiger partial charge in [0.1, 0.15) is 11.6 Å². The van der Waals surface area contributed by atoms with Crippen LogP contribution in [0.3, 0.4) is 0 Å². The third kappa shape index (κ3) is 3.82. The van der Waals surface area contributed by atoms with Crippen LogP contribution in [0.4, 0.5) is 15.8 Å². The molecule has 0 N–H and O–H groups in total. The fourth-order valence-corrected chi connectivity index (χ4v) is 4.65. The number of anilines is 2.